The molecule has 1 spiro atoms. The van der Waals surface area contributed by atoms with Crippen molar-refractivity contribution in [2.24, 2.45) is 0 Å². The van der Waals surface area contributed by atoms with E-state index in [9.17, 15) is 9.59 Å². The number of nitrogens with one attached hydrogen (secondary N) is 1. The number of aryl methyl sites for hydroxylation is 1. The number of H-pyrrole nitrogens is 1. The summed E-state index contributed by atoms with van der Waals surface area (Å²) in [6, 6.07) is 8.04. The molecule has 4 rings (SSSR count). The number of hydrogen-bond acceptors (Lipinski definition) is 3. The van der Waals surface area contributed by atoms with Gasteiger partial charge >= 0.3 is 0 Å². The molecule has 0 saturated heterocycles. The number of carbonyl (C=O) groups is 1. The molecule has 0 radical (unpaired) electrons. The topological polar surface area (TPSA) is 66.1 Å². The SMILES string of the molecule is Cc1nc(C(C)(C)C)[nH]c(=O)c1C(=O)N1CC2(CC2)c2ccccc21. The lowest BCUT2D eigenvalue weighted by Crippen LogP contribution is -2.37. The molecule has 1 N–H and O–H groups in total. The first kappa shape index (κ1) is 16.1. The molecule has 0 unspecified atom stereocenters. The highest BCUT2D eigenvalue weighted by atomic mass is 16.2. The molecular weight excluding hydrogens is 314 g/mol. The highest BCUT2D eigenvalue weighted by Crippen LogP contribution is 2.56. The van der Waals surface area contributed by atoms with Crippen LogP contribution >= 0.6 is 0 Å². The van der Waals surface area contributed by atoms with Crippen LogP contribution < -0.4 is 10.5 Å². The second kappa shape index (κ2) is 5.04. The van der Waals surface area contributed by atoms with Crippen LogP contribution in [0, 0.1) is 6.92 Å². The molecule has 2 aromatic rings. The summed E-state index contributed by atoms with van der Waals surface area (Å²) in [7, 11) is 0. The minimum atomic E-state index is -0.350. The first-order valence-corrected chi connectivity index (χ1v) is 8.76. The summed E-state index contributed by atoms with van der Waals surface area (Å²) >= 11 is 0. The fourth-order valence-corrected chi connectivity index (χ4v) is 3.72. The van der Waals surface area contributed by atoms with Crippen molar-refractivity contribution in [2.45, 2.75) is 51.4 Å². The molecule has 1 aliphatic carbocycles. The molecule has 130 valence electrons. The number of rotatable bonds is 1. The van der Waals surface area contributed by atoms with E-state index in [4.69, 9.17) is 0 Å². The third-order valence-electron chi connectivity index (χ3n) is 5.35. The lowest BCUT2D eigenvalue weighted by Gasteiger charge is -2.21. The Hall–Kier alpha value is -2.43. The Balaban J connectivity index is 1.77. The van der Waals surface area contributed by atoms with Gasteiger partial charge in [0.2, 0.25) is 0 Å². The van der Waals surface area contributed by atoms with E-state index in [1.54, 1.807) is 11.8 Å². The van der Waals surface area contributed by atoms with Crippen LogP contribution in [0.15, 0.2) is 29.1 Å². The van der Waals surface area contributed by atoms with Crippen LogP contribution in [0.25, 0.3) is 0 Å². The van der Waals surface area contributed by atoms with Crippen molar-refractivity contribution in [2.75, 3.05) is 11.4 Å². The molecule has 2 aliphatic rings. The summed E-state index contributed by atoms with van der Waals surface area (Å²) in [5.74, 6) is 0.356. The second-order valence-corrected chi connectivity index (χ2v) is 8.31. The van der Waals surface area contributed by atoms with Crippen molar-refractivity contribution in [1.82, 2.24) is 9.97 Å². The molecule has 0 atom stereocenters. The standard InChI is InChI=1S/C20H23N3O2/c1-12-15(16(24)22-18(21-12)19(2,3)4)17(25)23-11-20(9-10-20)13-7-5-6-8-14(13)23/h5-8H,9-11H2,1-4H3,(H,21,22,24). The van der Waals surface area contributed by atoms with Gasteiger partial charge in [-0.1, -0.05) is 39.0 Å². The summed E-state index contributed by atoms with van der Waals surface area (Å²) in [4.78, 5) is 34.9. The van der Waals surface area contributed by atoms with Crippen LogP contribution in [0.1, 0.15) is 61.1 Å². The van der Waals surface area contributed by atoms with E-state index in [2.05, 4.69) is 16.0 Å². The number of nitrogens with zero attached hydrogens (tertiary/aromatic N) is 2. The number of para-hydroxylation sites is 1. The Bertz CT molecular complexity index is 933. The fourth-order valence-electron chi connectivity index (χ4n) is 3.72. The first-order valence-electron chi connectivity index (χ1n) is 8.76. The third kappa shape index (κ3) is 2.41. The lowest BCUT2D eigenvalue weighted by atomic mass is 9.95. The molecule has 2 heterocycles. The van der Waals surface area contributed by atoms with Crippen LogP contribution in [-0.4, -0.2) is 22.4 Å². The monoisotopic (exact) mass is 337 g/mol. The van der Waals surface area contributed by atoms with Crippen molar-refractivity contribution in [1.29, 1.82) is 0 Å². The van der Waals surface area contributed by atoms with Gasteiger partial charge in [0.25, 0.3) is 11.5 Å². The van der Waals surface area contributed by atoms with Crippen LogP contribution in [0.3, 0.4) is 0 Å². The number of carbonyl (C=O) groups excluding carboxylic acids is 1. The largest absolute Gasteiger partial charge is 0.309 e. The van der Waals surface area contributed by atoms with Crippen LogP contribution in [-0.2, 0) is 10.8 Å². The normalized spacial score (nSPS) is 17.7. The Morgan fingerprint density at radius 2 is 1.92 bits per heavy atom. The summed E-state index contributed by atoms with van der Waals surface area (Å²) < 4.78 is 0. The average Bonchev–Trinajstić information content (AvgIpc) is 3.23. The highest BCUT2D eigenvalue weighted by molar-refractivity contribution is 6.08. The Morgan fingerprint density at radius 3 is 2.52 bits per heavy atom. The van der Waals surface area contributed by atoms with Crippen LogP contribution in [0.5, 0.6) is 0 Å². The molecule has 1 saturated carbocycles. The molecule has 1 aliphatic heterocycles. The molecule has 1 amide bonds. The Labute approximate surface area is 147 Å². The predicted octanol–water partition coefficient (Wildman–Crippen LogP) is 3.07. The summed E-state index contributed by atoms with van der Waals surface area (Å²) in [6.07, 6.45) is 2.20. The van der Waals surface area contributed by atoms with Crippen molar-refractivity contribution in [3.63, 3.8) is 0 Å². The summed E-state index contributed by atoms with van der Waals surface area (Å²) in [6.45, 7) is 8.36. The average molecular weight is 337 g/mol. The second-order valence-electron chi connectivity index (χ2n) is 8.31. The number of hydrogen-bond donors (Lipinski definition) is 1. The molecule has 1 fully saturated rings. The smallest absolute Gasteiger partial charge is 0.265 e. The van der Waals surface area contributed by atoms with E-state index in [1.165, 1.54) is 5.56 Å². The molecule has 5 nitrogen and oxygen atoms in total. The van der Waals surface area contributed by atoms with Crippen LogP contribution in [0.2, 0.25) is 0 Å². The van der Waals surface area contributed by atoms with Crippen LogP contribution in [0.4, 0.5) is 5.69 Å². The minimum Gasteiger partial charge on any atom is -0.309 e. The molecular formula is C20H23N3O2. The number of anilines is 1. The van der Waals surface area contributed by atoms with E-state index in [-0.39, 0.29) is 27.9 Å². The maximum atomic E-state index is 13.2. The van der Waals surface area contributed by atoms with Crippen molar-refractivity contribution >= 4 is 11.6 Å². The van der Waals surface area contributed by atoms with Crippen molar-refractivity contribution < 1.29 is 4.79 Å². The quantitative estimate of drug-likeness (QED) is 0.870. The fraction of sp³-hybridized carbons (Fsp3) is 0.450. The molecule has 25 heavy (non-hydrogen) atoms. The Kier molecular flexibility index (Phi) is 3.24. The predicted molar refractivity (Wildman–Crippen MR) is 97.3 cm³/mol. The van der Waals surface area contributed by atoms with Gasteiger partial charge in [0.15, 0.2) is 0 Å². The number of aromatic amines is 1. The van der Waals surface area contributed by atoms with Gasteiger partial charge in [0.1, 0.15) is 11.4 Å². The highest BCUT2D eigenvalue weighted by Gasteiger charge is 2.53. The minimum absolute atomic E-state index is 0.103. The van der Waals surface area contributed by atoms with Gasteiger partial charge in [0.05, 0.1) is 5.69 Å². The molecule has 5 heteroatoms. The Morgan fingerprint density at radius 1 is 1.24 bits per heavy atom. The van der Waals surface area contributed by atoms with Gasteiger partial charge in [-0.3, -0.25) is 9.59 Å². The molecule has 0 bridgehead atoms. The van der Waals surface area contributed by atoms with Gasteiger partial charge in [-0.15, -0.1) is 0 Å². The molecule has 1 aromatic carbocycles. The maximum absolute atomic E-state index is 13.2. The van der Waals surface area contributed by atoms with Crippen molar-refractivity contribution in [3.8, 4) is 0 Å². The van der Waals surface area contributed by atoms with E-state index in [0.29, 0.717) is 18.1 Å². The summed E-state index contributed by atoms with van der Waals surface area (Å²) in [5.41, 5.74) is 2.29. The number of fused-ring (bicyclic) bond motifs is 2. The van der Waals surface area contributed by atoms with Gasteiger partial charge < -0.3 is 9.88 Å². The van der Waals surface area contributed by atoms with E-state index in [1.807, 2.05) is 39.0 Å². The van der Waals surface area contributed by atoms with Gasteiger partial charge in [-0.25, -0.2) is 4.98 Å². The first-order chi connectivity index (χ1) is 11.7. The van der Waals surface area contributed by atoms with E-state index >= 15 is 0 Å². The molecule has 1 aromatic heterocycles. The van der Waals surface area contributed by atoms with Gasteiger partial charge in [-0.05, 0) is 31.4 Å². The van der Waals surface area contributed by atoms with Gasteiger partial charge in [-0.2, -0.15) is 0 Å². The zero-order valence-corrected chi connectivity index (χ0v) is 15.1. The maximum Gasteiger partial charge on any atom is 0.265 e. The van der Waals surface area contributed by atoms with E-state index in [0.717, 1.165) is 18.5 Å². The summed E-state index contributed by atoms with van der Waals surface area (Å²) in [5, 5.41) is 0. The zero-order chi connectivity index (χ0) is 18.0. The third-order valence-corrected chi connectivity index (χ3v) is 5.35. The van der Waals surface area contributed by atoms with E-state index < -0.39 is 0 Å². The van der Waals surface area contributed by atoms with Gasteiger partial charge in [0, 0.05) is 23.1 Å². The lowest BCUT2D eigenvalue weighted by molar-refractivity contribution is 0.0984. The number of aromatic nitrogens is 2. The number of benzene rings is 1. The van der Waals surface area contributed by atoms with Crippen molar-refractivity contribution in [3.05, 3.63) is 57.3 Å². The zero-order valence-electron chi connectivity index (χ0n) is 15.1. The number of amides is 1.